The van der Waals surface area contributed by atoms with Crippen LogP contribution in [0.25, 0.3) is 0 Å². The van der Waals surface area contributed by atoms with Crippen LogP contribution in [-0.4, -0.2) is 61.3 Å². The monoisotopic (exact) mass is 365 g/mol. The second-order valence-corrected chi connectivity index (χ2v) is 6.81. The molecule has 0 atom stereocenters. The van der Waals surface area contributed by atoms with Crippen molar-refractivity contribution in [2.24, 2.45) is 0 Å². The van der Waals surface area contributed by atoms with Crippen molar-refractivity contribution in [1.82, 2.24) is 14.9 Å². The molecule has 0 bridgehead atoms. The number of carbonyl (C=O) groups is 2. The third-order valence-electron chi connectivity index (χ3n) is 4.46. The molecule has 1 aromatic heterocycles. The third kappa shape index (κ3) is 3.88. The Morgan fingerprint density at radius 1 is 1.19 bits per heavy atom. The largest absolute Gasteiger partial charge is 0.327 e. The summed E-state index contributed by atoms with van der Waals surface area (Å²) in [5.41, 5.74) is 2.75. The lowest BCUT2D eigenvalue weighted by atomic mass is 10.0. The smallest absolute Gasteiger partial charge is 0.260 e. The maximum Gasteiger partial charge on any atom is 0.260 e. The van der Waals surface area contributed by atoms with E-state index in [0.717, 1.165) is 11.3 Å². The number of hydrogen-bond donors (Lipinski definition) is 0. The van der Waals surface area contributed by atoms with Crippen LogP contribution in [0.4, 0.5) is 17.2 Å². The van der Waals surface area contributed by atoms with Crippen LogP contribution in [0.5, 0.6) is 0 Å². The Hall–Kier alpha value is -3.06. The number of rotatable bonds is 5. The van der Waals surface area contributed by atoms with Crippen LogP contribution < -0.4 is 9.80 Å². The lowest BCUT2D eigenvalue weighted by Crippen LogP contribution is -2.25. The van der Waals surface area contributed by atoms with Gasteiger partial charge in [0, 0.05) is 27.1 Å². The average molecular weight is 365 g/mol. The van der Waals surface area contributed by atoms with Crippen molar-refractivity contribution in [3.05, 3.63) is 54.0 Å². The van der Waals surface area contributed by atoms with Gasteiger partial charge in [0.05, 0.1) is 17.4 Å². The fraction of sp³-hybridized carbons (Fsp3) is 0.300. The summed E-state index contributed by atoms with van der Waals surface area (Å²) in [5, 5.41) is 0. The number of amides is 1. The summed E-state index contributed by atoms with van der Waals surface area (Å²) in [5.74, 6) is 0.520. The summed E-state index contributed by atoms with van der Waals surface area (Å²) in [6, 6.07) is 5.54. The first kappa shape index (κ1) is 18.7. The first-order valence-electron chi connectivity index (χ1n) is 8.67. The zero-order valence-corrected chi connectivity index (χ0v) is 16.0. The highest BCUT2D eigenvalue weighted by Gasteiger charge is 2.28. The minimum Gasteiger partial charge on any atom is -0.327 e. The molecular weight excluding hydrogens is 342 g/mol. The zero-order valence-electron chi connectivity index (χ0n) is 16.0. The van der Waals surface area contributed by atoms with Crippen LogP contribution in [-0.2, 0) is 11.2 Å². The van der Waals surface area contributed by atoms with Gasteiger partial charge in [-0.2, -0.15) is 0 Å². The fourth-order valence-corrected chi connectivity index (χ4v) is 3.03. The van der Waals surface area contributed by atoms with Crippen LogP contribution in [0.15, 0.2) is 42.9 Å². The van der Waals surface area contributed by atoms with E-state index in [1.54, 1.807) is 30.3 Å². The van der Waals surface area contributed by atoms with E-state index in [0.29, 0.717) is 23.6 Å². The number of aromatic nitrogens is 2. The molecule has 7 nitrogen and oxygen atoms in total. The molecule has 0 fully saturated rings. The van der Waals surface area contributed by atoms with Crippen molar-refractivity contribution in [1.29, 1.82) is 0 Å². The van der Waals surface area contributed by atoms with Crippen LogP contribution in [0, 0.1) is 0 Å². The number of fused-ring (bicyclic) bond motifs is 2. The third-order valence-corrected chi connectivity index (χ3v) is 4.46. The average Bonchev–Trinajstić information content (AvgIpc) is 2.72. The molecular formula is C20H23N5O2. The fourth-order valence-electron chi connectivity index (χ4n) is 3.03. The van der Waals surface area contributed by atoms with Crippen LogP contribution in [0.3, 0.4) is 0 Å². The van der Waals surface area contributed by atoms with E-state index in [4.69, 9.17) is 0 Å². The highest BCUT2D eigenvalue weighted by atomic mass is 16.2. The standard InChI is InChI=1S/C20H23N5O2/c1-23(2)9-5-6-15(26)10-14-7-8-17-16(11-14)20(27)25(4)18-12-21-13-22-19(18)24(17)3/h5-8,11-13H,9-10H2,1-4H3/b6-5+. The minimum atomic E-state index is -0.150. The molecule has 0 aliphatic carbocycles. The zero-order chi connectivity index (χ0) is 19.6. The van der Waals surface area contributed by atoms with E-state index >= 15 is 0 Å². The van der Waals surface area contributed by atoms with Crippen molar-refractivity contribution < 1.29 is 9.59 Å². The quantitative estimate of drug-likeness (QED) is 0.756. The molecule has 27 heavy (non-hydrogen) atoms. The van der Waals surface area contributed by atoms with Gasteiger partial charge in [0.25, 0.3) is 5.91 Å². The molecule has 2 heterocycles. The maximum absolute atomic E-state index is 13.0. The second-order valence-electron chi connectivity index (χ2n) is 6.81. The van der Waals surface area contributed by atoms with Crippen molar-refractivity contribution in [2.75, 3.05) is 44.5 Å². The highest BCUT2D eigenvalue weighted by Crippen LogP contribution is 2.37. The van der Waals surface area contributed by atoms with E-state index in [1.165, 1.54) is 6.33 Å². The van der Waals surface area contributed by atoms with E-state index in [-0.39, 0.29) is 18.1 Å². The molecule has 1 aliphatic heterocycles. The predicted octanol–water partition coefficient (Wildman–Crippen LogP) is 2.06. The van der Waals surface area contributed by atoms with Gasteiger partial charge in [-0.1, -0.05) is 12.1 Å². The lowest BCUT2D eigenvalue weighted by molar-refractivity contribution is -0.114. The maximum atomic E-state index is 13.0. The van der Waals surface area contributed by atoms with E-state index < -0.39 is 0 Å². The van der Waals surface area contributed by atoms with Gasteiger partial charge >= 0.3 is 0 Å². The van der Waals surface area contributed by atoms with Crippen LogP contribution in [0.2, 0.25) is 0 Å². The number of nitrogens with zero attached hydrogens (tertiary/aromatic N) is 5. The molecule has 0 saturated heterocycles. The topological polar surface area (TPSA) is 69.6 Å². The number of allylic oxidation sites excluding steroid dienone is 1. The Bertz CT molecular complexity index is 907. The predicted molar refractivity (Wildman–Crippen MR) is 106 cm³/mol. The number of carbonyl (C=O) groups excluding carboxylic acids is 2. The molecule has 1 aliphatic rings. The van der Waals surface area contributed by atoms with Gasteiger partial charge in [-0.3, -0.25) is 9.59 Å². The second kappa shape index (κ2) is 7.67. The Morgan fingerprint density at radius 3 is 2.70 bits per heavy atom. The molecule has 1 aromatic carbocycles. The Labute approximate surface area is 158 Å². The summed E-state index contributed by atoms with van der Waals surface area (Å²) < 4.78 is 0. The first-order chi connectivity index (χ1) is 12.9. The number of hydrogen-bond acceptors (Lipinski definition) is 6. The molecule has 2 aromatic rings. The van der Waals surface area contributed by atoms with Gasteiger partial charge in [0.1, 0.15) is 12.0 Å². The van der Waals surface area contributed by atoms with Gasteiger partial charge < -0.3 is 14.7 Å². The normalized spacial score (nSPS) is 13.7. The van der Waals surface area contributed by atoms with Crippen molar-refractivity contribution in [3.8, 4) is 0 Å². The molecule has 0 saturated carbocycles. The molecule has 0 unspecified atom stereocenters. The summed E-state index contributed by atoms with van der Waals surface area (Å²) >= 11 is 0. The van der Waals surface area contributed by atoms with Gasteiger partial charge in [-0.05, 0) is 37.9 Å². The van der Waals surface area contributed by atoms with Crippen LogP contribution >= 0.6 is 0 Å². The SMILES string of the molecule is CN(C)C/C=C/C(=O)Cc1ccc2c(c1)C(=O)N(C)c1cncnc1N2C. The summed E-state index contributed by atoms with van der Waals surface area (Å²) in [6.45, 7) is 0.712. The van der Waals surface area contributed by atoms with Crippen molar-refractivity contribution in [3.63, 3.8) is 0 Å². The van der Waals surface area contributed by atoms with Gasteiger partial charge in [-0.25, -0.2) is 9.97 Å². The van der Waals surface area contributed by atoms with E-state index in [9.17, 15) is 9.59 Å². The van der Waals surface area contributed by atoms with Crippen molar-refractivity contribution in [2.45, 2.75) is 6.42 Å². The number of anilines is 3. The van der Waals surface area contributed by atoms with Gasteiger partial charge in [0.15, 0.2) is 11.6 Å². The first-order valence-corrected chi connectivity index (χ1v) is 8.67. The molecule has 0 spiro atoms. The molecule has 140 valence electrons. The number of benzene rings is 1. The number of likely N-dealkylation sites (N-methyl/N-ethyl adjacent to an activating group) is 1. The molecule has 1 amide bonds. The summed E-state index contributed by atoms with van der Waals surface area (Å²) in [7, 11) is 7.46. The van der Waals surface area contributed by atoms with Gasteiger partial charge in [0.2, 0.25) is 0 Å². The van der Waals surface area contributed by atoms with Crippen LogP contribution in [0.1, 0.15) is 15.9 Å². The molecule has 0 N–H and O–H groups in total. The molecule has 0 radical (unpaired) electrons. The van der Waals surface area contributed by atoms with Crippen molar-refractivity contribution >= 4 is 28.9 Å². The van der Waals surface area contributed by atoms with E-state index in [1.807, 2.05) is 49.2 Å². The Kier molecular flexibility index (Phi) is 5.32. The van der Waals surface area contributed by atoms with Gasteiger partial charge in [-0.15, -0.1) is 0 Å². The highest BCUT2D eigenvalue weighted by molar-refractivity contribution is 6.13. The summed E-state index contributed by atoms with van der Waals surface area (Å²) in [6.07, 6.45) is 6.78. The minimum absolute atomic E-state index is 0.00809. The number of ketones is 1. The Morgan fingerprint density at radius 2 is 1.96 bits per heavy atom. The molecule has 3 rings (SSSR count). The Balaban J connectivity index is 1.90. The summed E-state index contributed by atoms with van der Waals surface area (Å²) in [4.78, 5) is 38.9. The molecule has 7 heteroatoms. The van der Waals surface area contributed by atoms with E-state index in [2.05, 4.69) is 9.97 Å². The lowest BCUT2D eigenvalue weighted by Gasteiger charge is -2.20.